The molecular weight excluding hydrogens is 328 g/mol. The van der Waals surface area contributed by atoms with Crippen molar-refractivity contribution in [3.8, 4) is 0 Å². The smallest absolute Gasteiger partial charge is 0.326 e. The number of hydrogen-bond acceptors (Lipinski definition) is 5. The summed E-state index contributed by atoms with van der Waals surface area (Å²) >= 11 is 0. The van der Waals surface area contributed by atoms with E-state index in [0.717, 1.165) is 68.0 Å². The second kappa shape index (κ2) is 6.25. The number of aromatic amines is 1. The van der Waals surface area contributed by atoms with Gasteiger partial charge in [0.15, 0.2) is 0 Å². The van der Waals surface area contributed by atoms with Gasteiger partial charge in [-0.05, 0) is 37.9 Å². The van der Waals surface area contributed by atoms with Crippen molar-refractivity contribution in [2.75, 3.05) is 24.5 Å². The lowest BCUT2D eigenvalue weighted by Crippen LogP contribution is -2.39. The van der Waals surface area contributed by atoms with Gasteiger partial charge in [0.2, 0.25) is 0 Å². The van der Waals surface area contributed by atoms with Crippen molar-refractivity contribution in [2.45, 2.75) is 31.8 Å². The lowest BCUT2D eigenvalue weighted by atomic mass is 10.0. The van der Waals surface area contributed by atoms with Crippen LogP contribution < -0.4 is 15.9 Å². The summed E-state index contributed by atoms with van der Waals surface area (Å²) in [6.07, 6.45) is 4.54. The quantitative estimate of drug-likeness (QED) is 0.734. The molecule has 2 aromatic heterocycles. The van der Waals surface area contributed by atoms with Gasteiger partial charge in [-0.15, -0.1) is 0 Å². The zero-order valence-electron chi connectivity index (χ0n) is 14.6. The number of rotatable bonds is 2. The summed E-state index contributed by atoms with van der Waals surface area (Å²) < 4.78 is 1.94. The summed E-state index contributed by atoms with van der Waals surface area (Å²) in [6.45, 7) is 3.63. The Morgan fingerprint density at radius 1 is 1.12 bits per heavy atom. The Morgan fingerprint density at radius 2 is 1.96 bits per heavy atom. The van der Waals surface area contributed by atoms with E-state index in [-0.39, 0.29) is 11.7 Å². The van der Waals surface area contributed by atoms with Crippen LogP contribution in [0.3, 0.4) is 0 Å². The molecule has 0 saturated carbocycles. The van der Waals surface area contributed by atoms with Gasteiger partial charge in [-0.1, -0.05) is 12.1 Å². The number of para-hydroxylation sites is 2. The Hall–Kier alpha value is -2.67. The average molecular weight is 350 g/mol. The zero-order chi connectivity index (χ0) is 17.5. The van der Waals surface area contributed by atoms with Crippen LogP contribution in [-0.2, 0) is 13.0 Å². The standard InChI is InChI=1S/C19H22N6O/c26-19-23-15-3-1-2-4-17(15)25(19)13-6-9-24(10-7-13)18-14-5-8-20-11-16(14)21-12-22-18/h1-4,12-13,20H,5-11H2,(H,23,26). The molecule has 0 amide bonds. The molecule has 7 nitrogen and oxygen atoms in total. The highest BCUT2D eigenvalue weighted by Crippen LogP contribution is 2.30. The van der Waals surface area contributed by atoms with Gasteiger partial charge in [-0.3, -0.25) is 4.57 Å². The molecule has 3 aromatic rings. The second-order valence-corrected chi connectivity index (χ2v) is 7.08. The van der Waals surface area contributed by atoms with E-state index in [9.17, 15) is 4.79 Å². The third-order valence-corrected chi connectivity index (χ3v) is 5.61. The fourth-order valence-corrected chi connectivity index (χ4v) is 4.31. The van der Waals surface area contributed by atoms with Crippen LogP contribution in [0.25, 0.3) is 11.0 Å². The maximum Gasteiger partial charge on any atom is 0.326 e. The van der Waals surface area contributed by atoms with Crippen molar-refractivity contribution < 1.29 is 0 Å². The molecule has 2 aliphatic rings. The minimum absolute atomic E-state index is 0.00450. The molecule has 0 atom stereocenters. The van der Waals surface area contributed by atoms with Crippen LogP contribution in [0.1, 0.15) is 30.1 Å². The molecule has 1 aromatic carbocycles. The van der Waals surface area contributed by atoms with E-state index in [2.05, 4.69) is 25.2 Å². The second-order valence-electron chi connectivity index (χ2n) is 7.08. The highest BCUT2D eigenvalue weighted by Gasteiger charge is 2.26. The number of aromatic nitrogens is 4. The highest BCUT2D eigenvalue weighted by atomic mass is 16.1. The minimum Gasteiger partial charge on any atom is -0.356 e. The number of piperidine rings is 1. The molecular formula is C19H22N6O. The predicted octanol–water partition coefficient (Wildman–Crippen LogP) is 1.61. The van der Waals surface area contributed by atoms with Crippen molar-refractivity contribution in [1.82, 2.24) is 24.8 Å². The number of imidazole rings is 1. The summed E-state index contributed by atoms with van der Waals surface area (Å²) in [7, 11) is 0. The Morgan fingerprint density at radius 3 is 2.85 bits per heavy atom. The number of benzene rings is 1. The van der Waals surface area contributed by atoms with Crippen molar-refractivity contribution >= 4 is 16.9 Å². The fraction of sp³-hybridized carbons (Fsp3) is 0.421. The highest BCUT2D eigenvalue weighted by molar-refractivity contribution is 5.75. The largest absolute Gasteiger partial charge is 0.356 e. The van der Waals surface area contributed by atoms with Gasteiger partial charge in [0, 0.05) is 31.2 Å². The van der Waals surface area contributed by atoms with Crippen LogP contribution in [0.2, 0.25) is 0 Å². The van der Waals surface area contributed by atoms with Gasteiger partial charge < -0.3 is 15.2 Å². The first-order valence-electron chi connectivity index (χ1n) is 9.29. The van der Waals surface area contributed by atoms with E-state index >= 15 is 0 Å². The molecule has 1 saturated heterocycles. The van der Waals surface area contributed by atoms with Crippen molar-refractivity contribution in [3.63, 3.8) is 0 Å². The van der Waals surface area contributed by atoms with Gasteiger partial charge in [-0.2, -0.15) is 0 Å². The average Bonchev–Trinajstić information content (AvgIpc) is 3.03. The maximum atomic E-state index is 12.4. The lowest BCUT2D eigenvalue weighted by molar-refractivity contribution is 0.394. The van der Waals surface area contributed by atoms with Crippen LogP contribution in [0.15, 0.2) is 35.4 Å². The molecule has 4 heterocycles. The van der Waals surface area contributed by atoms with Gasteiger partial charge in [0.1, 0.15) is 12.1 Å². The van der Waals surface area contributed by atoms with E-state index in [0.29, 0.717) is 0 Å². The molecule has 0 radical (unpaired) electrons. The summed E-state index contributed by atoms with van der Waals surface area (Å²) in [5.41, 5.74) is 4.32. The Labute approximate surface area is 151 Å². The van der Waals surface area contributed by atoms with Crippen molar-refractivity contribution in [2.24, 2.45) is 0 Å². The topological polar surface area (TPSA) is 78.8 Å². The van der Waals surface area contributed by atoms with Gasteiger partial charge in [0.25, 0.3) is 0 Å². The number of H-pyrrole nitrogens is 1. The third-order valence-electron chi connectivity index (χ3n) is 5.61. The van der Waals surface area contributed by atoms with E-state index < -0.39 is 0 Å². The molecule has 7 heteroatoms. The molecule has 0 spiro atoms. The lowest BCUT2D eigenvalue weighted by Gasteiger charge is -2.35. The fourth-order valence-electron chi connectivity index (χ4n) is 4.31. The number of nitrogens with zero attached hydrogens (tertiary/aromatic N) is 4. The van der Waals surface area contributed by atoms with Crippen LogP contribution in [0.4, 0.5) is 5.82 Å². The first kappa shape index (κ1) is 15.6. The number of anilines is 1. The number of fused-ring (bicyclic) bond motifs is 2. The van der Waals surface area contributed by atoms with E-state index in [1.165, 1.54) is 5.56 Å². The molecule has 134 valence electrons. The molecule has 0 unspecified atom stereocenters. The monoisotopic (exact) mass is 350 g/mol. The maximum absolute atomic E-state index is 12.4. The van der Waals surface area contributed by atoms with Crippen LogP contribution >= 0.6 is 0 Å². The van der Waals surface area contributed by atoms with E-state index in [1.54, 1.807) is 6.33 Å². The summed E-state index contributed by atoms with van der Waals surface area (Å²) in [4.78, 5) is 26.8. The minimum atomic E-state index is -0.00450. The van der Waals surface area contributed by atoms with E-state index in [4.69, 9.17) is 0 Å². The number of nitrogens with one attached hydrogen (secondary N) is 2. The molecule has 2 aliphatic heterocycles. The predicted molar refractivity (Wildman–Crippen MR) is 100 cm³/mol. The van der Waals surface area contributed by atoms with Crippen LogP contribution in [-0.4, -0.2) is 39.2 Å². The Balaban J connectivity index is 1.40. The first-order valence-corrected chi connectivity index (χ1v) is 9.29. The molecule has 1 fully saturated rings. The summed E-state index contributed by atoms with van der Waals surface area (Å²) in [5.74, 6) is 1.08. The van der Waals surface area contributed by atoms with Crippen LogP contribution in [0, 0.1) is 0 Å². The van der Waals surface area contributed by atoms with Crippen molar-refractivity contribution in [1.29, 1.82) is 0 Å². The molecule has 0 aliphatic carbocycles. The van der Waals surface area contributed by atoms with Gasteiger partial charge in [0.05, 0.1) is 16.7 Å². The molecule has 5 rings (SSSR count). The summed E-state index contributed by atoms with van der Waals surface area (Å²) in [5, 5.41) is 3.37. The summed E-state index contributed by atoms with van der Waals surface area (Å²) in [6, 6.07) is 8.16. The molecule has 2 N–H and O–H groups in total. The normalized spacial score (nSPS) is 18.2. The van der Waals surface area contributed by atoms with Gasteiger partial charge >= 0.3 is 5.69 Å². The zero-order valence-corrected chi connectivity index (χ0v) is 14.6. The SMILES string of the molecule is O=c1[nH]c2ccccc2n1C1CCN(c2ncnc3c2CCNC3)CC1. The van der Waals surface area contributed by atoms with Crippen LogP contribution in [0.5, 0.6) is 0 Å². The first-order chi connectivity index (χ1) is 12.8. The van der Waals surface area contributed by atoms with E-state index in [1.807, 2.05) is 28.8 Å². The van der Waals surface area contributed by atoms with Crippen molar-refractivity contribution in [3.05, 3.63) is 52.3 Å². The Bertz CT molecular complexity index is 999. The molecule has 26 heavy (non-hydrogen) atoms. The van der Waals surface area contributed by atoms with Gasteiger partial charge in [-0.25, -0.2) is 14.8 Å². The Kier molecular flexibility index (Phi) is 3.74. The third kappa shape index (κ3) is 2.50. The number of hydrogen-bond donors (Lipinski definition) is 2. The molecule has 0 bridgehead atoms.